The summed E-state index contributed by atoms with van der Waals surface area (Å²) in [6, 6.07) is 0.328. The molecule has 0 aliphatic rings. The molecule has 0 bridgehead atoms. The molecule has 1 rings (SSSR count). The molecule has 6 nitrogen and oxygen atoms in total. The van der Waals surface area contributed by atoms with Gasteiger partial charge < -0.3 is 9.72 Å². The molecule has 0 saturated heterocycles. The molecule has 7 heteroatoms. The van der Waals surface area contributed by atoms with Crippen molar-refractivity contribution in [3.05, 3.63) is 32.7 Å². The number of hydrogen-bond donors (Lipinski definition) is 2. The highest BCUT2D eigenvalue weighted by Crippen LogP contribution is 2.09. The van der Waals surface area contributed by atoms with E-state index in [0.717, 1.165) is 6.42 Å². The standard InChI is InChI=1S/C13H17BrN2O4/c1-3-5-15-10(13(19)20-4-2)11(17)8-6-9(14)12(18)16-7-8/h6-7,10,15H,3-5H2,1-2H3,(H,16,18). The smallest absolute Gasteiger partial charge is 0.331 e. The SMILES string of the molecule is CCCNC(C(=O)OCC)C(=O)c1c[nH]c(=O)c(Br)c1. The van der Waals surface area contributed by atoms with Gasteiger partial charge in [0, 0.05) is 11.8 Å². The molecule has 0 fully saturated rings. The minimum absolute atomic E-state index is 0.200. The second-order valence-corrected chi connectivity index (χ2v) is 4.92. The fourth-order valence-electron chi connectivity index (χ4n) is 1.56. The molecular weight excluding hydrogens is 328 g/mol. The number of aromatic nitrogens is 1. The van der Waals surface area contributed by atoms with Gasteiger partial charge in [0.1, 0.15) is 0 Å². The first-order chi connectivity index (χ1) is 9.51. The second-order valence-electron chi connectivity index (χ2n) is 4.07. The Morgan fingerprint density at radius 1 is 1.45 bits per heavy atom. The van der Waals surface area contributed by atoms with E-state index in [1.807, 2.05) is 6.92 Å². The maximum absolute atomic E-state index is 12.3. The summed E-state index contributed by atoms with van der Waals surface area (Å²) in [6.07, 6.45) is 2.06. The van der Waals surface area contributed by atoms with Crippen LogP contribution in [0.3, 0.4) is 0 Å². The summed E-state index contributed by atoms with van der Waals surface area (Å²) in [4.78, 5) is 37.8. The Balaban J connectivity index is 2.99. The van der Waals surface area contributed by atoms with Gasteiger partial charge in [-0.2, -0.15) is 0 Å². The minimum atomic E-state index is -1.06. The van der Waals surface area contributed by atoms with Crippen LogP contribution < -0.4 is 10.9 Å². The number of carbonyl (C=O) groups is 2. The third kappa shape index (κ3) is 4.28. The molecule has 1 unspecified atom stereocenters. The highest BCUT2D eigenvalue weighted by atomic mass is 79.9. The minimum Gasteiger partial charge on any atom is -0.464 e. The van der Waals surface area contributed by atoms with Crippen LogP contribution in [0.15, 0.2) is 21.5 Å². The quantitative estimate of drug-likeness (QED) is 0.441. The van der Waals surface area contributed by atoms with Crippen molar-refractivity contribution in [2.75, 3.05) is 13.2 Å². The van der Waals surface area contributed by atoms with Crippen LogP contribution in [0.25, 0.3) is 0 Å². The van der Waals surface area contributed by atoms with Gasteiger partial charge in [-0.25, -0.2) is 4.79 Å². The zero-order valence-electron chi connectivity index (χ0n) is 11.4. The van der Waals surface area contributed by atoms with E-state index in [2.05, 4.69) is 26.2 Å². The lowest BCUT2D eigenvalue weighted by Crippen LogP contribution is -2.45. The number of rotatable bonds is 7. The average Bonchev–Trinajstić information content (AvgIpc) is 2.42. The third-order valence-corrected chi connectivity index (χ3v) is 3.11. The first-order valence-electron chi connectivity index (χ1n) is 6.33. The molecule has 20 heavy (non-hydrogen) atoms. The molecule has 0 saturated carbocycles. The lowest BCUT2D eigenvalue weighted by atomic mass is 10.1. The lowest BCUT2D eigenvalue weighted by molar-refractivity contribution is -0.144. The van der Waals surface area contributed by atoms with E-state index in [-0.39, 0.29) is 22.2 Å². The number of carbonyl (C=O) groups excluding carboxylic acids is 2. The zero-order chi connectivity index (χ0) is 15.1. The van der Waals surface area contributed by atoms with Gasteiger partial charge in [0.05, 0.1) is 11.1 Å². The number of nitrogens with one attached hydrogen (secondary N) is 2. The van der Waals surface area contributed by atoms with Gasteiger partial charge in [-0.3, -0.25) is 14.9 Å². The van der Waals surface area contributed by atoms with Crippen molar-refractivity contribution in [1.29, 1.82) is 0 Å². The molecular formula is C13H17BrN2O4. The predicted molar refractivity (Wildman–Crippen MR) is 77.8 cm³/mol. The van der Waals surface area contributed by atoms with E-state index in [0.29, 0.717) is 6.54 Å². The van der Waals surface area contributed by atoms with Crippen LogP contribution in [0.4, 0.5) is 0 Å². The van der Waals surface area contributed by atoms with Gasteiger partial charge in [0.15, 0.2) is 11.8 Å². The van der Waals surface area contributed by atoms with Crippen LogP contribution in [0, 0.1) is 0 Å². The molecule has 0 radical (unpaired) electrons. The highest BCUT2D eigenvalue weighted by molar-refractivity contribution is 9.10. The molecule has 1 atom stereocenters. The Bertz CT molecular complexity index is 541. The van der Waals surface area contributed by atoms with Gasteiger partial charge in [0.25, 0.3) is 5.56 Å². The van der Waals surface area contributed by atoms with Crippen LogP contribution in [-0.4, -0.2) is 35.9 Å². The van der Waals surface area contributed by atoms with E-state index >= 15 is 0 Å². The van der Waals surface area contributed by atoms with Gasteiger partial charge in [0.2, 0.25) is 0 Å². The Hall–Kier alpha value is -1.47. The largest absolute Gasteiger partial charge is 0.464 e. The van der Waals surface area contributed by atoms with Crippen molar-refractivity contribution in [3.63, 3.8) is 0 Å². The van der Waals surface area contributed by atoms with Crippen LogP contribution in [0.5, 0.6) is 0 Å². The van der Waals surface area contributed by atoms with Crippen LogP contribution in [0.2, 0.25) is 0 Å². The monoisotopic (exact) mass is 344 g/mol. The van der Waals surface area contributed by atoms with Crippen molar-refractivity contribution in [2.45, 2.75) is 26.3 Å². The number of halogens is 1. The van der Waals surface area contributed by atoms with Gasteiger partial charge in [-0.15, -0.1) is 0 Å². The average molecular weight is 345 g/mol. The first-order valence-corrected chi connectivity index (χ1v) is 7.13. The lowest BCUT2D eigenvalue weighted by Gasteiger charge is -2.15. The molecule has 0 aliphatic carbocycles. The van der Waals surface area contributed by atoms with Crippen LogP contribution in [-0.2, 0) is 9.53 Å². The Labute approximate surface area is 125 Å². The summed E-state index contributed by atoms with van der Waals surface area (Å²) in [5.74, 6) is -1.05. The van der Waals surface area contributed by atoms with Crippen molar-refractivity contribution < 1.29 is 14.3 Å². The number of pyridine rings is 1. The summed E-state index contributed by atoms with van der Waals surface area (Å²) >= 11 is 3.05. The molecule has 0 amide bonds. The number of aromatic amines is 1. The van der Waals surface area contributed by atoms with E-state index in [9.17, 15) is 14.4 Å². The van der Waals surface area contributed by atoms with Gasteiger partial charge in [-0.1, -0.05) is 6.92 Å². The summed E-state index contributed by atoms with van der Waals surface area (Å²) < 4.78 is 5.13. The predicted octanol–water partition coefficient (Wildman–Crippen LogP) is 1.25. The molecule has 1 heterocycles. The second kappa shape index (κ2) is 7.96. The maximum Gasteiger partial charge on any atom is 0.331 e. The normalized spacial score (nSPS) is 11.9. The number of esters is 1. The molecule has 2 N–H and O–H groups in total. The van der Waals surface area contributed by atoms with E-state index < -0.39 is 17.8 Å². The Kier molecular flexibility index (Phi) is 6.60. The Morgan fingerprint density at radius 3 is 2.70 bits per heavy atom. The van der Waals surface area contributed by atoms with E-state index in [1.165, 1.54) is 12.3 Å². The molecule has 0 aliphatic heterocycles. The molecule has 0 aromatic carbocycles. The summed E-state index contributed by atoms with van der Waals surface area (Å²) in [6.45, 7) is 4.32. The third-order valence-electron chi connectivity index (χ3n) is 2.53. The van der Waals surface area contributed by atoms with Crippen molar-refractivity contribution >= 4 is 27.7 Å². The topological polar surface area (TPSA) is 88.3 Å². The van der Waals surface area contributed by atoms with Crippen LogP contribution in [0.1, 0.15) is 30.6 Å². The molecule has 0 spiro atoms. The summed E-state index contributed by atoms with van der Waals surface area (Å²) in [7, 11) is 0. The van der Waals surface area contributed by atoms with Crippen molar-refractivity contribution in [2.24, 2.45) is 0 Å². The molecule has 1 aromatic heterocycles. The summed E-state index contributed by atoms with van der Waals surface area (Å²) in [5.41, 5.74) is -0.103. The number of ether oxygens (including phenoxy) is 1. The number of H-pyrrole nitrogens is 1. The number of hydrogen-bond acceptors (Lipinski definition) is 5. The van der Waals surface area contributed by atoms with E-state index in [4.69, 9.17) is 4.74 Å². The molecule has 1 aromatic rings. The van der Waals surface area contributed by atoms with Gasteiger partial charge >= 0.3 is 5.97 Å². The molecule has 110 valence electrons. The fourth-order valence-corrected chi connectivity index (χ4v) is 1.92. The number of Topliss-reactive ketones (excluding diaryl/α,β-unsaturated/α-hetero) is 1. The number of ketones is 1. The van der Waals surface area contributed by atoms with E-state index in [1.54, 1.807) is 6.92 Å². The first kappa shape index (κ1) is 16.6. The Morgan fingerprint density at radius 2 is 2.15 bits per heavy atom. The van der Waals surface area contributed by atoms with Crippen molar-refractivity contribution in [1.82, 2.24) is 10.3 Å². The van der Waals surface area contributed by atoms with Crippen molar-refractivity contribution in [3.8, 4) is 0 Å². The zero-order valence-corrected chi connectivity index (χ0v) is 13.0. The summed E-state index contributed by atoms with van der Waals surface area (Å²) in [5, 5.41) is 2.85. The maximum atomic E-state index is 12.3. The fraction of sp³-hybridized carbons (Fsp3) is 0.462. The highest BCUT2D eigenvalue weighted by Gasteiger charge is 2.28. The van der Waals surface area contributed by atoms with Crippen LogP contribution >= 0.6 is 15.9 Å². The van der Waals surface area contributed by atoms with Gasteiger partial charge in [-0.05, 0) is 41.9 Å².